The van der Waals surface area contributed by atoms with Crippen molar-refractivity contribution in [1.82, 2.24) is 4.90 Å². The zero-order chi connectivity index (χ0) is 11.4. The number of hydrogen-bond acceptors (Lipinski definition) is 2. The van der Waals surface area contributed by atoms with E-state index in [-0.39, 0.29) is 5.92 Å². The predicted octanol–water partition coefficient (Wildman–Crippen LogP) is 1.76. The number of hydrogen-bond donors (Lipinski definition) is 1. The van der Waals surface area contributed by atoms with Gasteiger partial charge in [0.1, 0.15) is 0 Å². The first-order chi connectivity index (χ1) is 7.07. The first-order valence-corrected chi connectivity index (χ1v) is 6.10. The molecule has 0 spiro atoms. The SMILES string of the molecule is CC(CCN)C(=O)N1C(C)CCCC1C. The van der Waals surface area contributed by atoms with Gasteiger partial charge in [0.2, 0.25) is 5.91 Å². The largest absolute Gasteiger partial charge is 0.337 e. The maximum absolute atomic E-state index is 12.2. The molecule has 0 bridgehead atoms. The van der Waals surface area contributed by atoms with Gasteiger partial charge in [0.05, 0.1) is 0 Å². The van der Waals surface area contributed by atoms with E-state index in [2.05, 4.69) is 18.7 Å². The minimum atomic E-state index is 0.0815. The van der Waals surface area contributed by atoms with Crippen molar-refractivity contribution in [3.05, 3.63) is 0 Å². The second-order valence-electron chi connectivity index (χ2n) is 4.85. The van der Waals surface area contributed by atoms with Crippen LogP contribution in [0, 0.1) is 5.92 Å². The zero-order valence-electron chi connectivity index (χ0n) is 10.2. The fourth-order valence-corrected chi connectivity index (χ4v) is 2.48. The number of carbonyl (C=O) groups excluding carboxylic acids is 1. The third-order valence-corrected chi connectivity index (χ3v) is 3.47. The Morgan fingerprint density at radius 2 is 1.93 bits per heavy atom. The summed E-state index contributed by atoms with van der Waals surface area (Å²) in [6.07, 6.45) is 4.34. The Morgan fingerprint density at radius 3 is 2.40 bits per heavy atom. The molecule has 0 aromatic carbocycles. The highest BCUT2D eigenvalue weighted by molar-refractivity contribution is 5.79. The highest BCUT2D eigenvalue weighted by Gasteiger charge is 2.30. The van der Waals surface area contributed by atoms with Gasteiger partial charge in [-0.3, -0.25) is 4.79 Å². The summed E-state index contributed by atoms with van der Waals surface area (Å²) in [5.74, 6) is 0.373. The minimum absolute atomic E-state index is 0.0815. The third-order valence-electron chi connectivity index (χ3n) is 3.47. The summed E-state index contributed by atoms with van der Waals surface area (Å²) in [6, 6.07) is 0.808. The zero-order valence-corrected chi connectivity index (χ0v) is 10.2. The second-order valence-corrected chi connectivity index (χ2v) is 4.85. The molecule has 3 unspecified atom stereocenters. The van der Waals surface area contributed by atoms with Gasteiger partial charge in [-0.1, -0.05) is 6.92 Å². The molecule has 2 N–H and O–H groups in total. The van der Waals surface area contributed by atoms with Crippen LogP contribution in [0.2, 0.25) is 0 Å². The van der Waals surface area contributed by atoms with Crippen molar-refractivity contribution in [1.29, 1.82) is 0 Å². The Labute approximate surface area is 93.0 Å². The van der Waals surface area contributed by atoms with E-state index >= 15 is 0 Å². The number of amides is 1. The van der Waals surface area contributed by atoms with Crippen LogP contribution in [-0.4, -0.2) is 29.4 Å². The van der Waals surface area contributed by atoms with Gasteiger partial charge in [-0.15, -0.1) is 0 Å². The Morgan fingerprint density at radius 1 is 1.40 bits per heavy atom. The molecule has 3 atom stereocenters. The standard InChI is InChI=1S/C12H24N2O/c1-9(7-8-13)12(15)14-10(2)5-4-6-11(14)3/h9-11H,4-8,13H2,1-3H3. The average molecular weight is 212 g/mol. The quantitative estimate of drug-likeness (QED) is 0.775. The summed E-state index contributed by atoms with van der Waals surface area (Å²) in [6.45, 7) is 6.90. The van der Waals surface area contributed by atoms with Crippen molar-refractivity contribution in [2.45, 2.75) is 58.5 Å². The monoisotopic (exact) mass is 212 g/mol. The van der Waals surface area contributed by atoms with Crippen LogP contribution >= 0.6 is 0 Å². The molecule has 3 heteroatoms. The van der Waals surface area contributed by atoms with Crippen molar-refractivity contribution < 1.29 is 4.79 Å². The van der Waals surface area contributed by atoms with Gasteiger partial charge in [0.15, 0.2) is 0 Å². The molecule has 1 saturated heterocycles. The number of rotatable bonds is 3. The molecule has 0 saturated carbocycles. The topological polar surface area (TPSA) is 46.3 Å². The molecule has 1 aliphatic rings. The summed E-state index contributed by atoms with van der Waals surface area (Å²) in [7, 11) is 0. The smallest absolute Gasteiger partial charge is 0.225 e. The van der Waals surface area contributed by atoms with E-state index in [4.69, 9.17) is 5.73 Å². The number of carbonyl (C=O) groups is 1. The molecule has 88 valence electrons. The molecule has 0 aromatic heterocycles. The van der Waals surface area contributed by atoms with Crippen LogP contribution in [0.4, 0.5) is 0 Å². The summed E-state index contributed by atoms with van der Waals surface area (Å²) in [4.78, 5) is 14.3. The van der Waals surface area contributed by atoms with Gasteiger partial charge in [0, 0.05) is 18.0 Å². The van der Waals surface area contributed by atoms with E-state index in [0.29, 0.717) is 24.5 Å². The molecular weight excluding hydrogens is 188 g/mol. The number of piperidine rings is 1. The Hall–Kier alpha value is -0.570. The molecule has 15 heavy (non-hydrogen) atoms. The van der Waals surface area contributed by atoms with Gasteiger partial charge >= 0.3 is 0 Å². The Bertz CT molecular complexity index is 208. The van der Waals surface area contributed by atoms with Crippen molar-refractivity contribution in [2.75, 3.05) is 6.54 Å². The van der Waals surface area contributed by atoms with Crippen molar-refractivity contribution in [3.63, 3.8) is 0 Å². The highest BCUT2D eigenvalue weighted by atomic mass is 16.2. The lowest BCUT2D eigenvalue weighted by molar-refractivity contribution is -0.141. The van der Waals surface area contributed by atoms with Gasteiger partial charge in [0.25, 0.3) is 0 Å². The van der Waals surface area contributed by atoms with Crippen molar-refractivity contribution in [3.8, 4) is 0 Å². The first-order valence-electron chi connectivity index (χ1n) is 6.10. The maximum atomic E-state index is 12.2. The lowest BCUT2D eigenvalue weighted by atomic mass is 9.94. The molecule has 1 rings (SSSR count). The molecule has 0 aliphatic carbocycles. The van der Waals surface area contributed by atoms with Crippen molar-refractivity contribution >= 4 is 5.91 Å². The lowest BCUT2D eigenvalue weighted by Crippen LogP contribution is -2.49. The number of nitrogens with zero attached hydrogens (tertiary/aromatic N) is 1. The summed E-state index contributed by atoms with van der Waals surface area (Å²) < 4.78 is 0. The third kappa shape index (κ3) is 2.94. The van der Waals surface area contributed by atoms with E-state index in [9.17, 15) is 4.79 Å². The molecule has 3 nitrogen and oxygen atoms in total. The predicted molar refractivity (Wildman–Crippen MR) is 62.5 cm³/mol. The summed E-state index contributed by atoms with van der Waals surface area (Å²) in [5.41, 5.74) is 5.50. The normalized spacial score (nSPS) is 28.9. The van der Waals surface area contributed by atoms with Crippen LogP contribution in [0.25, 0.3) is 0 Å². The van der Waals surface area contributed by atoms with Crippen LogP contribution in [0.1, 0.15) is 46.5 Å². The van der Waals surface area contributed by atoms with Crippen LogP contribution in [0.3, 0.4) is 0 Å². The van der Waals surface area contributed by atoms with Gasteiger partial charge in [-0.25, -0.2) is 0 Å². The summed E-state index contributed by atoms with van der Waals surface area (Å²) in [5, 5.41) is 0. The molecule has 0 aromatic rings. The first kappa shape index (κ1) is 12.5. The molecule has 1 aliphatic heterocycles. The van der Waals surface area contributed by atoms with Crippen LogP contribution in [0.15, 0.2) is 0 Å². The van der Waals surface area contributed by atoms with E-state index in [1.54, 1.807) is 0 Å². The second kappa shape index (κ2) is 5.50. The van der Waals surface area contributed by atoms with Gasteiger partial charge in [-0.2, -0.15) is 0 Å². The van der Waals surface area contributed by atoms with Gasteiger partial charge in [-0.05, 0) is 46.1 Å². The van der Waals surface area contributed by atoms with Crippen molar-refractivity contribution in [2.24, 2.45) is 11.7 Å². The van der Waals surface area contributed by atoms with Crippen LogP contribution in [-0.2, 0) is 4.79 Å². The highest BCUT2D eigenvalue weighted by Crippen LogP contribution is 2.24. The maximum Gasteiger partial charge on any atom is 0.225 e. The van der Waals surface area contributed by atoms with E-state index in [1.807, 2.05) is 6.92 Å². The molecule has 1 amide bonds. The fraction of sp³-hybridized carbons (Fsp3) is 0.917. The molecule has 0 radical (unpaired) electrons. The van der Waals surface area contributed by atoms with Crippen LogP contribution in [0.5, 0.6) is 0 Å². The Balaban J connectivity index is 2.62. The van der Waals surface area contributed by atoms with Crippen LogP contribution < -0.4 is 5.73 Å². The van der Waals surface area contributed by atoms with Gasteiger partial charge < -0.3 is 10.6 Å². The average Bonchev–Trinajstić information content (AvgIpc) is 2.17. The van der Waals surface area contributed by atoms with E-state index in [0.717, 1.165) is 19.3 Å². The minimum Gasteiger partial charge on any atom is -0.337 e. The van der Waals surface area contributed by atoms with E-state index < -0.39 is 0 Å². The molecular formula is C12H24N2O. The molecule has 1 heterocycles. The fourth-order valence-electron chi connectivity index (χ4n) is 2.48. The number of nitrogens with two attached hydrogens (primary N) is 1. The lowest BCUT2D eigenvalue weighted by Gasteiger charge is -2.40. The summed E-state index contributed by atoms with van der Waals surface area (Å²) >= 11 is 0. The molecule has 1 fully saturated rings. The number of likely N-dealkylation sites (tertiary alicyclic amines) is 1. The van der Waals surface area contributed by atoms with E-state index in [1.165, 1.54) is 6.42 Å². The Kier molecular flexibility index (Phi) is 4.58.